The second-order valence-corrected chi connectivity index (χ2v) is 2.85. The van der Waals surface area contributed by atoms with Gasteiger partial charge in [0, 0.05) is 11.6 Å². The number of hydroxylamine groups is 1. The highest BCUT2D eigenvalue weighted by Crippen LogP contribution is 2.24. The van der Waals surface area contributed by atoms with Gasteiger partial charge in [-0.25, -0.2) is 13.2 Å². The summed E-state index contributed by atoms with van der Waals surface area (Å²) in [6.45, 7) is -0.228. The Morgan fingerprint density at radius 2 is 2.00 bits per heavy atom. The van der Waals surface area contributed by atoms with Gasteiger partial charge < -0.3 is 4.84 Å². The number of rotatable bonds is 3. The highest BCUT2D eigenvalue weighted by molar-refractivity contribution is 6.30. The van der Waals surface area contributed by atoms with Crippen molar-refractivity contribution in [3.8, 4) is 0 Å². The Morgan fingerprint density at radius 3 is 2.57 bits per heavy atom. The van der Waals surface area contributed by atoms with E-state index >= 15 is 0 Å². The number of halogens is 4. The van der Waals surface area contributed by atoms with Crippen LogP contribution in [0.4, 0.5) is 13.2 Å². The van der Waals surface area contributed by atoms with Gasteiger partial charge >= 0.3 is 0 Å². The minimum Gasteiger partial charge on any atom is -0.305 e. The Kier molecular flexibility index (Phi) is 3.74. The van der Waals surface area contributed by atoms with Crippen LogP contribution < -0.4 is 5.48 Å². The molecule has 0 radical (unpaired) electrons. The zero-order chi connectivity index (χ0) is 10.7. The van der Waals surface area contributed by atoms with Gasteiger partial charge in [0.05, 0.1) is 13.7 Å². The molecule has 0 aliphatic carbocycles. The fourth-order valence-electron chi connectivity index (χ4n) is 0.910. The highest BCUT2D eigenvalue weighted by Gasteiger charge is 2.16. The monoisotopic (exact) mass is 225 g/mol. The number of hydrogen-bond acceptors (Lipinski definition) is 2. The molecule has 0 saturated heterocycles. The van der Waals surface area contributed by atoms with Gasteiger partial charge in [0.15, 0.2) is 5.82 Å². The molecule has 1 N–H and O–H groups in total. The fraction of sp³-hybridized carbons (Fsp3) is 0.250. The second kappa shape index (κ2) is 4.63. The van der Waals surface area contributed by atoms with Gasteiger partial charge in [-0.1, -0.05) is 11.6 Å². The molecule has 6 heteroatoms. The minimum absolute atomic E-state index is 0.228. The average Bonchev–Trinajstić information content (AvgIpc) is 2.14. The maximum atomic E-state index is 13.1. The Morgan fingerprint density at radius 1 is 1.36 bits per heavy atom. The van der Waals surface area contributed by atoms with Crippen molar-refractivity contribution in [1.29, 1.82) is 0 Å². The Hall–Kier alpha value is -0.780. The van der Waals surface area contributed by atoms with Gasteiger partial charge in [0.1, 0.15) is 16.7 Å². The molecule has 0 unspecified atom stereocenters. The normalized spacial score (nSPS) is 10.6. The Balaban J connectivity index is 3.09. The topological polar surface area (TPSA) is 21.3 Å². The summed E-state index contributed by atoms with van der Waals surface area (Å²) in [6.07, 6.45) is 0. The van der Waals surface area contributed by atoms with E-state index in [0.29, 0.717) is 6.07 Å². The number of hydrogen-bond donors (Lipinski definition) is 1. The van der Waals surface area contributed by atoms with Gasteiger partial charge in [-0.05, 0) is 0 Å². The fourth-order valence-corrected chi connectivity index (χ4v) is 1.08. The third-order valence-electron chi connectivity index (χ3n) is 1.60. The lowest BCUT2D eigenvalue weighted by Crippen LogP contribution is -2.14. The van der Waals surface area contributed by atoms with E-state index in [1.54, 1.807) is 0 Å². The summed E-state index contributed by atoms with van der Waals surface area (Å²) in [5, 5.41) is -0.723. The molecule has 1 rings (SSSR count). The summed E-state index contributed by atoms with van der Waals surface area (Å²) in [7, 11) is 1.29. The second-order valence-electron chi connectivity index (χ2n) is 2.47. The van der Waals surface area contributed by atoms with E-state index in [2.05, 4.69) is 10.3 Å². The lowest BCUT2D eigenvalue weighted by atomic mass is 10.2. The first-order chi connectivity index (χ1) is 6.57. The van der Waals surface area contributed by atoms with E-state index in [-0.39, 0.29) is 12.1 Å². The number of benzene rings is 1. The van der Waals surface area contributed by atoms with Crippen molar-refractivity contribution in [2.45, 2.75) is 6.54 Å². The molecule has 0 amide bonds. The van der Waals surface area contributed by atoms with E-state index in [4.69, 9.17) is 11.6 Å². The Labute approximate surface area is 83.6 Å². The van der Waals surface area contributed by atoms with Crippen molar-refractivity contribution in [1.82, 2.24) is 5.48 Å². The van der Waals surface area contributed by atoms with Crippen LogP contribution in [0.1, 0.15) is 5.56 Å². The van der Waals surface area contributed by atoms with E-state index in [1.165, 1.54) is 7.11 Å². The highest BCUT2D eigenvalue weighted by atomic mass is 35.5. The van der Waals surface area contributed by atoms with Crippen molar-refractivity contribution >= 4 is 11.6 Å². The minimum atomic E-state index is -1.12. The molecule has 0 aliphatic rings. The largest absolute Gasteiger partial charge is 0.305 e. The SMILES string of the molecule is CONCc1c(F)cc(F)c(Cl)c1F. The third-order valence-corrected chi connectivity index (χ3v) is 1.95. The Bertz CT molecular complexity index is 346. The maximum Gasteiger partial charge on any atom is 0.152 e. The molecule has 0 atom stereocenters. The molecule has 0 aliphatic heterocycles. The van der Waals surface area contributed by atoms with Crippen molar-refractivity contribution in [2.24, 2.45) is 0 Å². The molecule has 1 aromatic rings. The summed E-state index contributed by atoms with van der Waals surface area (Å²) in [5.74, 6) is -3.24. The van der Waals surface area contributed by atoms with Gasteiger partial charge in [0.2, 0.25) is 0 Å². The lowest BCUT2D eigenvalue weighted by molar-refractivity contribution is 0.0850. The average molecular weight is 226 g/mol. The molecule has 0 spiro atoms. The first kappa shape index (κ1) is 11.3. The van der Waals surface area contributed by atoms with E-state index < -0.39 is 22.5 Å². The summed E-state index contributed by atoms with van der Waals surface area (Å²) < 4.78 is 38.8. The number of nitrogens with one attached hydrogen (secondary N) is 1. The van der Waals surface area contributed by atoms with E-state index in [1.807, 2.05) is 0 Å². The van der Waals surface area contributed by atoms with Crippen LogP contribution in [0.25, 0.3) is 0 Å². The zero-order valence-corrected chi connectivity index (χ0v) is 7.96. The van der Waals surface area contributed by atoms with Gasteiger partial charge in [0.25, 0.3) is 0 Å². The van der Waals surface area contributed by atoms with Gasteiger partial charge in [-0.15, -0.1) is 0 Å². The van der Waals surface area contributed by atoms with E-state index in [9.17, 15) is 13.2 Å². The molecule has 0 saturated carbocycles. The molecule has 2 nitrogen and oxygen atoms in total. The summed E-state index contributed by atoms with van der Waals surface area (Å²) in [5.41, 5.74) is 1.87. The van der Waals surface area contributed by atoms with Crippen LogP contribution >= 0.6 is 11.6 Å². The molecule has 78 valence electrons. The molecule has 0 bridgehead atoms. The van der Waals surface area contributed by atoms with Crippen molar-refractivity contribution in [3.63, 3.8) is 0 Å². The quantitative estimate of drug-likeness (QED) is 0.485. The molecular formula is C8H7ClF3NO. The van der Waals surface area contributed by atoms with Crippen molar-refractivity contribution in [2.75, 3.05) is 7.11 Å². The summed E-state index contributed by atoms with van der Waals surface area (Å²) >= 11 is 5.25. The van der Waals surface area contributed by atoms with Crippen LogP contribution in [0.2, 0.25) is 5.02 Å². The molecule has 0 fully saturated rings. The van der Waals surface area contributed by atoms with Crippen molar-refractivity contribution in [3.05, 3.63) is 34.1 Å². The standard InChI is InChI=1S/C8H7ClF3NO/c1-14-13-3-4-5(10)2-6(11)7(9)8(4)12/h2,13H,3H2,1H3. The first-order valence-electron chi connectivity index (χ1n) is 3.65. The van der Waals surface area contributed by atoms with Crippen LogP contribution in [0, 0.1) is 17.5 Å². The third kappa shape index (κ3) is 2.17. The van der Waals surface area contributed by atoms with Gasteiger partial charge in [-0.3, -0.25) is 0 Å². The maximum absolute atomic E-state index is 13.1. The van der Waals surface area contributed by atoms with E-state index in [0.717, 1.165) is 0 Å². The summed E-state index contributed by atoms with van der Waals surface area (Å²) in [4.78, 5) is 4.41. The van der Waals surface area contributed by atoms with Crippen LogP contribution in [0.5, 0.6) is 0 Å². The van der Waals surface area contributed by atoms with Crippen LogP contribution in [-0.4, -0.2) is 7.11 Å². The predicted molar refractivity (Wildman–Crippen MR) is 45.2 cm³/mol. The van der Waals surface area contributed by atoms with Crippen LogP contribution in [0.15, 0.2) is 6.07 Å². The van der Waals surface area contributed by atoms with Crippen LogP contribution in [0.3, 0.4) is 0 Å². The molecule has 14 heavy (non-hydrogen) atoms. The molecule has 0 heterocycles. The van der Waals surface area contributed by atoms with Gasteiger partial charge in [-0.2, -0.15) is 5.48 Å². The van der Waals surface area contributed by atoms with Crippen LogP contribution in [-0.2, 0) is 11.4 Å². The zero-order valence-electron chi connectivity index (χ0n) is 7.20. The predicted octanol–water partition coefficient (Wildman–Crippen LogP) is 2.41. The molecular weight excluding hydrogens is 219 g/mol. The molecule has 0 aromatic heterocycles. The first-order valence-corrected chi connectivity index (χ1v) is 4.03. The van der Waals surface area contributed by atoms with Crippen molar-refractivity contribution < 1.29 is 18.0 Å². The molecule has 1 aromatic carbocycles. The lowest BCUT2D eigenvalue weighted by Gasteiger charge is -2.07. The summed E-state index contributed by atoms with van der Waals surface area (Å²) in [6, 6.07) is 0.526. The smallest absolute Gasteiger partial charge is 0.152 e.